The number of nitrogens with one attached hydrogen (secondary N) is 1. The Hall–Kier alpha value is -1.11. The number of hydrogen-bond acceptors (Lipinski definition) is 2. The first kappa shape index (κ1) is 14.0. The number of carbonyl (C=O) groups excluding carboxylic acids is 1. The summed E-state index contributed by atoms with van der Waals surface area (Å²) in [5.74, 6) is -1.19. The molecule has 92 valence electrons. The summed E-state index contributed by atoms with van der Waals surface area (Å²) in [6, 6.07) is 7.10. The van der Waals surface area contributed by atoms with E-state index in [-0.39, 0.29) is 12.3 Å². The van der Waals surface area contributed by atoms with Crippen LogP contribution >= 0.6 is 22.6 Å². The van der Waals surface area contributed by atoms with Crippen molar-refractivity contribution in [1.82, 2.24) is 5.32 Å². The molecule has 0 unspecified atom stereocenters. The smallest absolute Gasteiger partial charge is 0.305 e. The minimum Gasteiger partial charge on any atom is -0.481 e. The highest BCUT2D eigenvalue weighted by Gasteiger charge is 2.24. The molecule has 0 atom stereocenters. The molecule has 4 nitrogen and oxygen atoms in total. The summed E-state index contributed by atoms with van der Waals surface area (Å²) in [6.07, 6.45) is -0.108. The maximum absolute atomic E-state index is 11.8. The zero-order valence-electron chi connectivity index (χ0n) is 9.66. The normalized spacial score (nSPS) is 11.0. The molecule has 0 aliphatic heterocycles. The van der Waals surface area contributed by atoms with Crippen LogP contribution < -0.4 is 5.32 Å². The van der Waals surface area contributed by atoms with Crippen molar-refractivity contribution < 1.29 is 14.7 Å². The van der Waals surface area contributed by atoms with Crippen molar-refractivity contribution in [2.24, 2.45) is 0 Å². The van der Waals surface area contributed by atoms with E-state index in [0.29, 0.717) is 5.56 Å². The maximum Gasteiger partial charge on any atom is 0.305 e. The molecule has 0 saturated carbocycles. The Morgan fingerprint density at radius 2 is 1.82 bits per heavy atom. The molecule has 1 rings (SSSR count). The average Bonchev–Trinajstić information content (AvgIpc) is 2.15. The van der Waals surface area contributed by atoms with Crippen molar-refractivity contribution in [3.05, 3.63) is 33.4 Å². The van der Waals surface area contributed by atoms with Gasteiger partial charge in [-0.2, -0.15) is 0 Å². The van der Waals surface area contributed by atoms with Gasteiger partial charge in [0.1, 0.15) is 0 Å². The Labute approximate surface area is 114 Å². The Kier molecular flexibility index (Phi) is 4.50. The second kappa shape index (κ2) is 5.48. The van der Waals surface area contributed by atoms with Crippen molar-refractivity contribution in [2.45, 2.75) is 25.8 Å². The molecule has 0 aromatic heterocycles. The molecule has 0 fully saturated rings. The van der Waals surface area contributed by atoms with E-state index in [1.54, 1.807) is 26.0 Å². The molecule has 0 radical (unpaired) electrons. The van der Waals surface area contributed by atoms with Gasteiger partial charge in [0.25, 0.3) is 5.91 Å². The average molecular weight is 347 g/mol. The van der Waals surface area contributed by atoms with Crippen molar-refractivity contribution in [1.29, 1.82) is 0 Å². The van der Waals surface area contributed by atoms with E-state index in [0.717, 1.165) is 3.57 Å². The molecule has 17 heavy (non-hydrogen) atoms. The van der Waals surface area contributed by atoms with E-state index in [2.05, 4.69) is 27.9 Å². The van der Waals surface area contributed by atoms with Gasteiger partial charge in [0.2, 0.25) is 0 Å². The predicted molar refractivity (Wildman–Crippen MR) is 73.0 cm³/mol. The van der Waals surface area contributed by atoms with Crippen LogP contribution in [-0.2, 0) is 4.79 Å². The van der Waals surface area contributed by atoms with Gasteiger partial charge in [-0.3, -0.25) is 9.59 Å². The first-order valence-electron chi connectivity index (χ1n) is 5.10. The van der Waals surface area contributed by atoms with Crippen LogP contribution in [0.1, 0.15) is 30.6 Å². The van der Waals surface area contributed by atoms with Gasteiger partial charge in [-0.25, -0.2) is 0 Å². The third kappa shape index (κ3) is 4.72. The SMILES string of the molecule is CC(C)(CC(=O)O)NC(=O)c1ccc(I)cc1. The van der Waals surface area contributed by atoms with Crippen LogP contribution in [0.3, 0.4) is 0 Å². The van der Waals surface area contributed by atoms with E-state index in [4.69, 9.17) is 5.11 Å². The summed E-state index contributed by atoms with van der Waals surface area (Å²) in [5, 5.41) is 11.4. The number of carboxylic acids is 1. The standard InChI is InChI=1S/C12H14INO3/c1-12(2,7-10(15)16)14-11(17)8-3-5-9(13)6-4-8/h3-6H,7H2,1-2H3,(H,14,17)(H,15,16). The topological polar surface area (TPSA) is 66.4 Å². The molecule has 2 N–H and O–H groups in total. The van der Waals surface area contributed by atoms with Crippen molar-refractivity contribution in [3.63, 3.8) is 0 Å². The molecule has 1 aromatic rings. The lowest BCUT2D eigenvalue weighted by atomic mass is 10.00. The van der Waals surface area contributed by atoms with Crippen molar-refractivity contribution >= 4 is 34.5 Å². The second-order valence-corrected chi connectivity index (χ2v) is 5.66. The molecule has 5 heteroatoms. The van der Waals surface area contributed by atoms with Gasteiger partial charge in [-0.05, 0) is 60.7 Å². The van der Waals surface area contributed by atoms with Crippen LogP contribution in [-0.4, -0.2) is 22.5 Å². The summed E-state index contributed by atoms with van der Waals surface area (Å²) in [5.41, 5.74) is -0.227. The fraction of sp³-hybridized carbons (Fsp3) is 0.333. The van der Waals surface area contributed by atoms with Gasteiger partial charge in [0.05, 0.1) is 6.42 Å². The second-order valence-electron chi connectivity index (χ2n) is 4.42. The predicted octanol–water partition coefficient (Wildman–Crippen LogP) is 2.27. The molecule has 0 saturated heterocycles. The first-order chi connectivity index (χ1) is 7.80. The molecule has 1 aromatic carbocycles. The molecular weight excluding hydrogens is 333 g/mol. The molecule has 1 amide bonds. The number of hydrogen-bond donors (Lipinski definition) is 2. The minimum absolute atomic E-state index is 0.108. The van der Waals surface area contributed by atoms with Gasteiger partial charge in [0, 0.05) is 14.7 Å². The number of carbonyl (C=O) groups is 2. The van der Waals surface area contributed by atoms with Gasteiger partial charge in [-0.1, -0.05) is 0 Å². The number of benzene rings is 1. The highest BCUT2D eigenvalue weighted by molar-refractivity contribution is 14.1. The summed E-state index contributed by atoms with van der Waals surface area (Å²) >= 11 is 2.15. The van der Waals surface area contributed by atoms with Crippen LogP contribution in [0, 0.1) is 3.57 Å². The minimum atomic E-state index is -0.932. The van der Waals surface area contributed by atoms with E-state index in [1.165, 1.54) is 0 Å². The van der Waals surface area contributed by atoms with Crippen LogP contribution in [0.5, 0.6) is 0 Å². The molecule has 0 spiro atoms. The van der Waals surface area contributed by atoms with E-state index in [9.17, 15) is 9.59 Å². The number of halogens is 1. The van der Waals surface area contributed by atoms with Crippen LogP contribution in [0.4, 0.5) is 0 Å². The Morgan fingerprint density at radius 1 is 1.29 bits per heavy atom. The zero-order valence-corrected chi connectivity index (χ0v) is 11.8. The summed E-state index contributed by atoms with van der Waals surface area (Å²) in [6.45, 7) is 3.37. The van der Waals surface area contributed by atoms with Gasteiger partial charge in [-0.15, -0.1) is 0 Å². The highest BCUT2D eigenvalue weighted by Crippen LogP contribution is 2.11. The maximum atomic E-state index is 11.8. The summed E-state index contributed by atoms with van der Waals surface area (Å²) in [7, 11) is 0. The Morgan fingerprint density at radius 3 is 2.29 bits per heavy atom. The lowest BCUT2D eigenvalue weighted by Gasteiger charge is -2.24. The van der Waals surface area contributed by atoms with Crippen LogP contribution in [0.15, 0.2) is 24.3 Å². The quantitative estimate of drug-likeness (QED) is 0.822. The molecule has 0 heterocycles. The third-order valence-electron chi connectivity index (χ3n) is 2.15. The lowest BCUT2D eigenvalue weighted by molar-refractivity contribution is -0.138. The number of aliphatic carboxylic acids is 1. The van der Waals surface area contributed by atoms with Gasteiger partial charge >= 0.3 is 5.97 Å². The highest BCUT2D eigenvalue weighted by atomic mass is 127. The van der Waals surface area contributed by atoms with E-state index in [1.807, 2.05) is 12.1 Å². The lowest BCUT2D eigenvalue weighted by Crippen LogP contribution is -2.44. The summed E-state index contributed by atoms with van der Waals surface area (Å²) in [4.78, 5) is 22.5. The fourth-order valence-electron chi connectivity index (χ4n) is 1.40. The molecule has 0 aliphatic rings. The number of carboxylic acid groups (broad SMARTS) is 1. The van der Waals surface area contributed by atoms with E-state index >= 15 is 0 Å². The molecule has 0 aliphatic carbocycles. The third-order valence-corrected chi connectivity index (χ3v) is 2.87. The Bertz CT molecular complexity index is 426. The van der Waals surface area contributed by atoms with Gasteiger partial charge < -0.3 is 10.4 Å². The molecule has 0 bridgehead atoms. The number of amides is 1. The van der Waals surface area contributed by atoms with Crippen molar-refractivity contribution in [3.8, 4) is 0 Å². The zero-order chi connectivity index (χ0) is 13.1. The fourth-order valence-corrected chi connectivity index (χ4v) is 1.76. The molecular formula is C12H14INO3. The Balaban J connectivity index is 2.72. The van der Waals surface area contributed by atoms with E-state index < -0.39 is 11.5 Å². The van der Waals surface area contributed by atoms with Crippen LogP contribution in [0.2, 0.25) is 0 Å². The first-order valence-corrected chi connectivity index (χ1v) is 6.18. The largest absolute Gasteiger partial charge is 0.481 e. The van der Waals surface area contributed by atoms with Crippen molar-refractivity contribution in [2.75, 3.05) is 0 Å². The van der Waals surface area contributed by atoms with Gasteiger partial charge in [0.15, 0.2) is 0 Å². The summed E-state index contributed by atoms with van der Waals surface area (Å²) < 4.78 is 1.05. The number of rotatable bonds is 4. The van der Waals surface area contributed by atoms with Crippen LogP contribution in [0.25, 0.3) is 0 Å². The monoisotopic (exact) mass is 347 g/mol.